The van der Waals surface area contributed by atoms with Crippen LogP contribution in [0.2, 0.25) is 0 Å². The summed E-state index contributed by atoms with van der Waals surface area (Å²) in [6, 6.07) is 34.2. The fourth-order valence-electron chi connectivity index (χ4n) is 4.77. The maximum atomic E-state index is 13.9. The molecule has 0 saturated heterocycles. The van der Waals surface area contributed by atoms with E-state index in [2.05, 4.69) is 12.1 Å². The van der Waals surface area contributed by atoms with Gasteiger partial charge in [0.25, 0.3) is 5.56 Å². The molecule has 5 rings (SSSR count). The number of aryl methyl sites for hydroxylation is 3. The van der Waals surface area contributed by atoms with E-state index in [4.69, 9.17) is 9.84 Å². The summed E-state index contributed by atoms with van der Waals surface area (Å²) < 4.78 is 21.7. The van der Waals surface area contributed by atoms with Gasteiger partial charge in [0.1, 0.15) is 18.2 Å². The normalized spacial score (nSPS) is 11.2. The highest BCUT2D eigenvalue weighted by Crippen LogP contribution is 2.34. The van der Waals surface area contributed by atoms with Crippen LogP contribution in [0, 0.1) is 12.7 Å². The van der Waals surface area contributed by atoms with Gasteiger partial charge in [-0.3, -0.25) is 4.79 Å². The fourth-order valence-corrected chi connectivity index (χ4v) is 4.77. The van der Waals surface area contributed by atoms with Gasteiger partial charge in [0, 0.05) is 17.7 Å². The molecule has 0 saturated carbocycles. The lowest BCUT2D eigenvalue weighted by atomic mass is 9.97. The summed E-state index contributed by atoms with van der Waals surface area (Å²) in [5, 5.41) is 4.72. The van der Waals surface area contributed by atoms with Crippen LogP contribution in [0.3, 0.4) is 0 Å². The molecule has 0 aliphatic rings. The van der Waals surface area contributed by atoms with E-state index in [0.717, 1.165) is 24.0 Å². The third-order valence-electron chi connectivity index (χ3n) is 6.73. The first kappa shape index (κ1) is 26.8. The average Bonchev–Trinajstić information content (AvgIpc) is 2.98. The maximum absolute atomic E-state index is 13.9. The Hall–Kier alpha value is -4.77. The SMILES string of the molecule is Cc1nn(CCCc2ccccc2)c(=O)c(/C=C/c2cccc(F)c2)c1-c1ccccc1OCc1ccccc1. The second-order valence-electron chi connectivity index (χ2n) is 9.65. The van der Waals surface area contributed by atoms with E-state index in [-0.39, 0.29) is 11.4 Å². The second-order valence-corrected chi connectivity index (χ2v) is 9.65. The molecule has 0 atom stereocenters. The van der Waals surface area contributed by atoms with E-state index in [9.17, 15) is 9.18 Å². The zero-order valence-corrected chi connectivity index (χ0v) is 22.5. The molecule has 5 heteroatoms. The molecule has 0 fully saturated rings. The van der Waals surface area contributed by atoms with Crippen LogP contribution < -0.4 is 10.3 Å². The van der Waals surface area contributed by atoms with E-state index in [1.807, 2.05) is 85.8 Å². The summed E-state index contributed by atoms with van der Waals surface area (Å²) in [6.45, 7) is 2.80. The van der Waals surface area contributed by atoms with Crippen LogP contribution >= 0.6 is 0 Å². The fraction of sp³-hybridized carbons (Fsp3) is 0.143. The van der Waals surface area contributed by atoms with Crippen molar-refractivity contribution in [3.05, 3.63) is 153 Å². The molecule has 0 N–H and O–H groups in total. The molecule has 200 valence electrons. The monoisotopic (exact) mass is 530 g/mol. The third-order valence-corrected chi connectivity index (χ3v) is 6.73. The molecular weight excluding hydrogens is 499 g/mol. The minimum atomic E-state index is -0.328. The highest BCUT2D eigenvalue weighted by atomic mass is 19.1. The Bertz CT molecular complexity index is 1660. The van der Waals surface area contributed by atoms with E-state index < -0.39 is 0 Å². The summed E-state index contributed by atoms with van der Waals surface area (Å²) in [4.78, 5) is 13.9. The van der Waals surface area contributed by atoms with Crippen LogP contribution in [0.15, 0.2) is 114 Å². The van der Waals surface area contributed by atoms with Crippen molar-refractivity contribution in [1.29, 1.82) is 0 Å². The molecular formula is C35H31FN2O2. The lowest BCUT2D eigenvalue weighted by molar-refractivity contribution is 0.307. The lowest BCUT2D eigenvalue weighted by Crippen LogP contribution is -2.27. The Morgan fingerprint density at radius 3 is 2.27 bits per heavy atom. The van der Waals surface area contributed by atoms with Crippen molar-refractivity contribution in [3.63, 3.8) is 0 Å². The van der Waals surface area contributed by atoms with Crippen molar-refractivity contribution in [2.24, 2.45) is 0 Å². The molecule has 0 amide bonds. The molecule has 4 nitrogen and oxygen atoms in total. The highest BCUT2D eigenvalue weighted by molar-refractivity contribution is 5.84. The van der Waals surface area contributed by atoms with E-state index >= 15 is 0 Å². The lowest BCUT2D eigenvalue weighted by Gasteiger charge is -2.17. The standard InChI is InChI=1S/C35H31FN2O2/c1-26-34(31-19-8-9-20-33(31)40-25-29-14-6-3-7-15-29)32(22-21-28-16-10-18-30(36)24-28)35(39)38(37-26)23-11-17-27-12-4-2-5-13-27/h2-10,12-16,18-22,24H,11,17,23,25H2,1H3/b22-21+. The van der Waals surface area contributed by atoms with Gasteiger partial charge in [0.15, 0.2) is 0 Å². The minimum Gasteiger partial charge on any atom is -0.488 e. The number of halogens is 1. The number of hydrogen-bond acceptors (Lipinski definition) is 3. The van der Waals surface area contributed by atoms with Gasteiger partial charge in [0.2, 0.25) is 0 Å². The molecule has 0 radical (unpaired) electrons. The molecule has 1 aromatic heterocycles. The summed E-state index contributed by atoms with van der Waals surface area (Å²) >= 11 is 0. The van der Waals surface area contributed by atoms with E-state index in [0.29, 0.717) is 41.3 Å². The molecule has 4 aromatic carbocycles. The van der Waals surface area contributed by atoms with Crippen LogP contribution in [-0.2, 0) is 19.6 Å². The average molecular weight is 531 g/mol. The van der Waals surface area contributed by atoms with Gasteiger partial charge in [-0.25, -0.2) is 9.07 Å². The van der Waals surface area contributed by atoms with E-state index in [1.54, 1.807) is 22.9 Å². The number of benzene rings is 4. The highest BCUT2D eigenvalue weighted by Gasteiger charge is 2.18. The Labute approximate surface area is 234 Å². The van der Waals surface area contributed by atoms with Gasteiger partial charge in [-0.2, -0.15) is 5.10 Å². The van der Waals surface area contributed by atoms with Crippen LogP contribution in [0.25, 0.3) is 23.3 Å². The summed E-state index contributed by atoms with van der Waals surface area (Å²) in [6.07, 6.45) is 5.16. The molecule has 0 unspecified atom stereocenters. The van der Waals surface area contributed by atoms with Gasteiger partial charge in [0.05, 0.1) is 11.3 Å². The number of ether oxygens (including phenoxy) is 1. The van der Waals surface area contributed by atoms with Gasteiger partial charge < -0.3 is 4.74 Å². The Morgan fingerprint density at radius 1 is 0.825 bits per heavy atom. The molecule has 0 spiro atoms. The first-order valence-corrected chi connectivity index (χ1v) is 13.4. The first-order valence-electron chi connectivity index (χ1n) is 13.4. The Balaban J connectivity index is 1.53. The van der Waals surface area contributed by atoms with Gasteiger partial charge >= 0.3 is 0 Å². The largest absolute Gasteiger partial charge is 0.488 e. The van der Waals surface area contributed by atoms with Gasteiger partial charge in [-0.1, -0.05) is 97.1 Å². The second kappa shape index (κ2) is 12.9. The summed E-state index contributed by atoms with van der Waals surface area (Å²) in [5.74, 6) is 0.337. The minimum absolute atomic E-state index is 0.195. The predicted molar refractivity (Wildman–Crippen MR) is 160 cm³/mol. The molecule has 0 bridgehead atoms. The van der Waals surface area contributed by atoms with Crippen molar-refractivity contribution in [3.8, 4) is 16.9 Å². The number of nitrogens with zero attached hydrogens (tertiary/aromatic N) is 2. The van der Waals surface area contributed by atoms with Crippen molar-refractivity contribution in [1.82, 2.24) is 9.78 Å². The van der Waals surface area contributed by atoms with E-state index in [1.165, 1.54) is 17.7 Å². The molecule has 5 aromatic rings. The zero-order valence-electron chi connectivity index (χ0n) is 22.5. The van der Waals surface area contributed by atoms with Gasteiger partial charge in [-0.15, -0.1) is 0 Å². The van der Waals surface area contributed by atoms with Crippen LogP contribution in [0.1, 0.15) is 34.4 Å². The number of para-hydroxylation sites is 1. The quantitative estimate of drug-likeness (QED) is 0.186. The van der Waals surface area contributed by atoms with Gasteiger partial charge in [-0.05, 0) is 60.7 Å². The molecule has 40 heavy (non-hydrogen) atoms. The predicted octanol–water partition coefficient (Wildman–Crippen LogP) is 7.74. The van der Waals surface area contributed by atoms with Crippen LogP contribution in [0.4, 0.5) is 4.39 Å². The van der Waals surface area contributed by atoms with Crippen molar-refractivity contribution < 1.29 is 9.13 Å². The van der Waals surface area contributed by atoms with Crippen molar-refractivity contribution >= 4 is 12.2 Å². The first-order chi connectivity index (χ1) is 19.6. The Kier molecular flexibility index (Phi) is 8.62. The number of aromatic nitrogens is 2. The van der Waals surface area contributed by atoms with Crippen molar-refractivity contribution in [2.75, 3.05) is 0 Å². The summed E-state index contributed by atoms with van der Waals surface area (Å²) in [5.41, 5.74) is 5.45. The smallest absolute Gasteiger partial charge is 0.274 e. The maximum Gasteiger partial charge on any atom is 0.274 e. The molecule has 0 aliphatic heterocycles. The Morgan fingerprint density at radius 2 is 1.52 bits per heavy atom. The molecule has 1 heterocycles. The molecule has 0 aliphatic carbocycles. The van der Waals surface area contributed by atoms with Crippen LogP contribution in [0.5, 0.6) is 5.75 Å². The number of hydrogen-bond donors (Lipinski definition) is 0. The number of rotatable bonds is 10. The topological polar surface area (TPSA) is 44.1 Å². The van der Waals surface area contributed by atoms with Crippen molar-refractivity contribution in [2.45, 2.75) is 32.9 Å². The summed E-state index contributed by atoms with van der Waals surface area (Å²) in [7, 11) is 0. The third kappa shape index (κ3) is 6.62. The zero-order chi connectivity index (χ0) is 27.7. The van der Waals surface area contributed by atoms with Crippen LogP contribution in [-0.4, -0.2) is 9.78 Å².